The number of amides is 2. The van der Waals surface area contributed by atoms with Crippen LogP contribution in [0.2, 0.25) is 5.02 Å². The van der Waals surface area contributed by atoms with Gasteiger partial charge in [0.05, 0.1) is 0 Å². The molecule has 0 spiro atoms. The minimum atomic E-state index is -0.794. The number of hydrogen-bond acceptors (Lipinski definition) is 3. The van der Waals surface area contributed by atoms with Gasteiger partial charge in [-0.05, 0) is 54.1 Å². The lowest BCUT2D eigenvalue weighted by molar-refractivity contribution is -0.128. The minimum Gasteiger partial charge on any atom is -0.481 e. The molecule has 0 bridgehead atoms. The molecular formula is C22H18ClN3O3. The molecule has 4 aromatic rings. The molecule has 1 aromatic heterocycles. The van der Waals surface area contributed by atoms with Gasteiger partial charge in [-0.25, -0.2) is 0 Å². The van der Waals surface area contributed by atoms with Gasteiger partial charge in [0.25, 0.3) is 11.8 Å². The molecular weight excluding hydrogens is 390 g/mol. The van der Waals surface area contributed by atoms with Crippen LogP contribution in [0.25, 0.3) is 21.7 Å². The van der Waals surface area contributed by atoms with Crippen molar-refractivity contribution in [2.24, 2.45) is 0 Å². The Hall–Kier alpha value is -3.51. The van der Waals surface area contributed by atoms with Gasteiger partial charge in [-0.15, -0.1) is 0 Å². The summed E-state index contributed by atoms with van der Waals surface area (Å²) in [5, 5.41) is 3.49. The van der Waals surface area contributed by atoms with Gasteiger partial charge in [-0.2, -0.15) is 0 Å². The molecule has 0 aliphatic rings. The molecule has 0 aliphatic heterocycles. The highest BCUT2D eigenvalue weighted by Crippen LogP contribution is 2.22. The normalized spacial score (nSPS) is 11.9. The number of ether oxygens (including phenoxy) is 1. The second-order valence-corrected chi connectivity index (χ2v) is 7.06. The second kappa shape index (κ2) is 7.85. The first-order valence-corrected chi connectivity index (χ1v) is 9.41. The fraction of sp³-hybridized carbons (Fsp3) is 0.0909. The van der Waals surface area contributed by atoms with E-state index in [2.05, 4.69) is 15.8 Å². The molecule has 1 atom stereocenters. The van der Waals surface area contributed by atoms with Crippen LogP contribution >= 0.6 is 11.6 Å². The van der Waals surface area contributed by atoms with Crippen molar-refractivity contribution in [3.63, 3.8) is 0 Å². The Morgan fingerprint density at radius 3 is 2.55 bits per heavy atom. The Kier molecular flexibility index (Phi) is 5.10. The molecule has 1 heterocycles. The van der Waals surface area contributed by atoms with E-state index in [0.29, 0.717) is 16.5 Å². The third-order valence-corrected chi connectivity index (χ3v) is 4.76. The van der Waals surface area contributed by atoms with E-state index in [-0.39, 0.29) is 0 Å². The molecule has 0 radical (unpaired) electrons. The lowest BCUT2D eigenvalue weighted by Gasteiger charge is -2.15. The highest BCUT2D eigenvalue weighted by Gasteiger charge is 2.17. The predicted octanol–water partition coefficient (Wildman–Crippen LogP) is 4.20. The summed E-state index contributed by atoms with van der Waals surface area (Å²) < 4.78 is 5.70. The van der Waals surface area contributed by atoms with Crippen molar-refractivity contribution in [1.29, 1.82) is 0 Å². The van der Waals surface area contributed by atoms with Crippen LogP contribution in [-0.4, -0.2) is 22.9 Å². The molecule has 146 valence electrons. The number of aromatic nitrogens is 1. The van der Waals surface area contributed by atoms with Crippen molar-refractivity contribution in [2.45, 2.75) is 13.0 Å². The second-order valence-electron chi connectivity index (χ2n) is 6.63. The number of H-pyrrole nitrogens is 1. The monoisotopic (exact) mass is 407 g/mol. The van der Waals surface area contributed by atoms with E-state index in [1.807, 2.05) is 36.4 Å². The van der Waals surface area contributed by atoms with Crippen molar-refractivity contribution >= 4 is 45.1 Å². The molecule has 1 unspecified atom stereocenters. The van der Waals surface area contributed by atoms with Crippen LogP contribution in [0.15, 0.2) is 66.7 Å². The number of carbonyl (C=O) groups is 2. The van der Waals surface area contributed by atoms with E-state index < -0.39 is 17.9 Å². The first kappa shape index (κ1) is 18.8. The number of nitrogens with one attached hydrogen (secondary N) is 3. The third-order valence-electron chi connectivity index (χ3n) is 4.53. The molecule has 3 aromatic carbocycles. The Labute approximate surface area is 171 Å². The van der Waals surface area contributed by atoms with Crippen molar-refractivity contribution in [3.8, 4) is 5.75 Å². The number of rotatable bonds is 4. The van der Waals surface area contributed by atoms with E-state index in [9.17, 15) is 9.59 Å². The van der Waals surface area contributed by atoms with Gasteiger partial charge in [-0.1, -0.05) is 41.9 Å². The maximum Gasteiger partial charge on any atom is 0.286 e. The van der Waals surface area contributed by atoms with Crippen molar-refractivity contribution in [3.05, 3.63) is 77.4 Å². The summed E-state index contributed by atoms with van der Waals surface area (Å²) >= 11 is 5.96. The Morgan fingerprint density at radius 1 is 0.931 bits per heavy atom. The largest absolute Gasteiger partial charge is 0.481 e. The SMILES string of the molecule is CC(Oc1ccc2ccccc2c1)C(=O)NNC(=O)c1cc2cc(Cl)ccc2[nH]1. The van der Waals surface area contributed by atoms with Crippen LogP contribution in [0, 0.1) is 0 Å². The Bertz CT molecular complexity index is 1220. The van der Waals surface area contributed by atoms with Gasteiger partial charge >= 0.3 is 0 Å². The van der Waals surface area contributed by atoms with E-state index in [1.165, 1.54) is 0 Å². The standard InChI is InChI=1S/C22H18ClN3O3/c1-13(29-18-8-6-14-4-2-3-5-15(14)11-18)21(27)25-26-22(28)20-12-16-10-17(23)7-9-19(16)24-20/h2-13,24H,1H3,(H,25,27)(H,26,28). The summed E-state index contributed by atoms with van der Waals surface area (Å²) in [4.78, 5) is 27.6. The topological polar surface area (TPSA) is 83.2 Å². The first-order valence-electron chi connectivity index (χ1n) is 9.03. The van der Waals surface area contributed by atoms with Gasteiger partial charge in [0, 0.05) is 15.9 Å². The van der Waals surface area contributed by atoms with Crippen LogP contribution in [0.3, 0.4) is 0 Å². The number of carbonyl (C=O) groups excluding carboxylic acids is 2. The summed E-state index contributed by atoms with van der Waals surface area (Å²) in [5.74, 6) is -0.362. The molecule has 0 fully saturated rings. The van der Waals surface area contributed by atoms with E-state index >= 15 is 0 Å². The summed E-state index contributed by atoms with van der Waals surface area (Å²) in [5.41, 5.74) is 5.86. The van der Waals surface area contributed by atoms with Crippen molar-refractivity contribution < 1.29 is 14.3 Å². The average molecular weight is 408 g/mol. The quantitative estimate of drug-likeness (QED) is 0.443. The van der Waals surface area contributed by atoms with Crippen molar-refractivity contribution in [1.82, 2.24) is 15.8 Å². The molecule has 7 heteroatoms. The van der Waals surface area contributed by atoms with Crippen LogP contribution in [0.5, 0.6) is 5.75 Å². The van der Waals surface area contributed by atoms with Gasteiger partial charge in [0.2, 0.25) is 0 Å². The van der Waals surface area contributed by atoms with Gasteiger partial charge in [-0.3, -0.25) is 20.4 Å². The first-order chi connectivity index (χ1) is 14.0. The van der Waals surface area contributed by atoms with Crippen LogP contribution in [-0.2, 0) is 4.79 Å². The number of aromatic amines is 1. The molecule has 29 heavy (non-hydrogen) atoms. The van der Waals surface area contributed by atoms with E-state index in [1.54, 1.807) is 37.3 Å². The highest BCUT2D eigenvalue weighted by atomic mass is 35.5. The zero-order valence-corrected chi connectivity index (χ0v) is 16.3. The summed E-state index contributed by atoms with van der Waals surface area (Å²) in [6.07, 6.45) is -0.794. The minimum absolute atomic E-state index is 0.311. The highest BCUT2D eigenvalue weighted by molar-refractivity contribution is 6.31. The zero-order chi connectivity index (χ0) is 20.4. The number of hydrazine groups is 1. The summed E-state index contributed by atoms with van der Waals surface area (Å²) in [6.45, 7) is 1.61. The molecule has 0 saturated carbocycles. The molecule has 2 amide bonds. The maximum atomic E-state index is 12.3. The Balaban J connectivity index is 1.36. The molecule has 3 N–H and O–H groups in total. The summed E-state index contributed by atoms with van der Waals surface area (Å²) in [6, 6.07) is 20.4. The van der Waals surface area contributed by atoms with Gasteiger partial charge < -0.3 is 9.72 Å². The van der Waals surface area contributed by atoms with Crippen LogP contribution < -0.4 is 15.6 Å². The molecule has 0 saturated heterocycles. The third kappa shape index (κ3) is 4.17. The van der Waals surface area contributed by atoms with Crippen LogP contribution in [0.1, 0.15) is 17.4 Å². The van der Waals surface area contributed by atoms with Gasteiger partial charge in [0.1, 0.15) is 11.4 Å². The zero-order valence-electron chi connectivity index (χ0n) is 15.5. The lowest BCUT2D eigenvalue weighted by Crippen LogP contribution is -2.47. The average Bonchev–Trinajstić information content (AvgIpc) is 3.15. The predicted molar refractivity (Wildman–Crippen MR) is 113 cm³/mol. The number of fused-ring (bicyclic) bond motifs is 2. The summed E-state index contributed by atoms with van der Waals surface area (Å²) in [7, 11) is 0. The fourth-order valence-corrected chi connectivity index (χ4v) is 3.19. The number of hydrogen-bond donors (Lipinski definition) is 3. The smallest absolute Gasteiger partial charge is 0.286 e. The van der Waals surface area contributed by atoms with Gasteiger partial charge in [0.15, 0.2) is 6.10 Å². The maximum absolute atomic E-state index is 12.3. The molecule has 4 rings (SSSR count). The molecule has 6 nitrogen and oxygen atoms in total. The number of halogens is 1. The number of benzene rings is 3. The molecule has 0 aliphatic carbocycles. The van der Waals surface area contributed by atoms with Crippen molar-refractivity contribution in [2.75, 3.05) is 0 Å². The fourth-order valence-electron chi connectivity index (χ4n) is 3.01. The lowest BCUT2D eigenvalue weighted by atomic mass is 10.1. The van der Waals surface area contributed by atoms with Crippen LogP contribution in [0.4, 0.5) is 0 Å². The Morgan fingerprint density at radius 2 is 1.72 bits per heavy atom. The van der Waals surface area contributed by atoms with E-state index in [0.717, 1.165) is 21.7 Å². The van der Waals surface area contributed by atoms with E-state index in [4.69, 9.17) is 16.3 Å².